The van der Waals surface area contributed by atoms with E-state index in [0.29, 0.717) is 5.88 Å². The fraction of sp³-hybridized carbons (Fsp3) is 0.556. The number of alkyl halides is 1. The van der Waals surface area contributed by atoms with Gasteiger partial charge in [-0.15, -0.1) is 11.6 Å². The molecule has 148 valence electrons. The van der Waals surface area contributed by atoms with E-state index in [1.54, 1.807) is 0 Å². The van der Waals surface area contributed by atoms with Gasteiger partial charge in [-0.25, -0.2) is 0 Å². The van der Waals surface area contributed by atoms with Gasteiger partial charge in [-0.3, -0.25) is 0 Å². The van der Waals surface area contributed by atoms with Gasteiger partial charge in [-0.2, -0.15) is 0 Å². The highest BCUT2D eigenvalue weighted by molar-refractivity contribution is 6.72. The second-order valence-corrected chi connectivity index (χ2v) is 24.0. The molecule has 0 saturated heterocycles. The van der Waals surface area contributed by atoms with Gasteiger partial charge in [0.2, 0.25) is 25.0 Å². The first kappa shape index (κ1) is 23.6. The Labute approximate surface area is 170 Å². The number of hydrogen-bond acceptors (Lipinski definition) is 3. The van der Waals surface area contributed by atoms with Crippen molar-refractivity contribution in [3.05, 3.63) is 17.7 Å². The van der Waals surface area contributed by atoms with Gasteiger partial charge in [0.05, 0.1) is 5.88 Å². The average Bonchev–Trinajstić information content (AvgIpc) is 2.41. The quantitative estimate of drug-likeness (QED) is 0.427. The van der Waals surface area contributed by atoms with Crippen molar-refractivity contribution in [2.45, 2.75) is 64.8 Å². The number of benzene rings is 1. The summed E-state index contributed by atoms with van der Waals surface area (Å²) in [6.07, 6.45) is 1.88. The molecule has 0 heterocycles. The molecule has 0 aliphatic rings. The van der Waals surface area contributed by atoms with Crippen LogP contribution in [-0.4, -0.2) is 35.2 Å². The van der Waals surface area contributed by atoms with Crippen LogP contribution in [0.15, 0.2) is 6.58 Å². The predicted octanol–water partition coefficient (Wildman–Crippen LogP) is 4.70. The fourth-order valence-electron chi connectivity index (χ4n) is 2.53. The Morgan fingerprint density at radius 1 is 0.808 bits per heavy atom. The Kier molecular flexibility index (Phi) is 7.48. The van der Waals surface area contributed by atoms with E-state index in [1.807, 2.05) is 6.08 Å². The molecule has 0 atom stereocenters. The van der Waals surface area contributed by atoms with Crippen molar-refractivity contribution in [3.8, 4) is 17.2 Å². The second kappa shape index (κ2) is 8.26. The molecule has 1 aromatic carbocycles. The predicted molar refractivity (Wildman–Crippen MR) is 128 cm³/mol. The minimum Gasteiger partial charge on any atom is -0.542 e. The van der Waals surface area contributed by atoms with Gasteiger partial charge in [0, 0.05) is 15.8 Å². The first-order valence-electron chi connectivity index (χ1n) is 9.04. The summed E-state index contributed by atoms with van der Waals surface area (Å²) >= 11 is 6.37. The average molecular weight is 447 g/mol. The van der Waals surface area contributed by atoms with Gasteiger partial charge in [-0.05, 0) is 69.7 Å². The zero-order valence-electron chi connectivity index (χ0n) is 18.1. The van der Waals surface area contributed by atoms with Gasteiger partial charge in [0.1, 0.15) is 5.75 Å². The van der Waals surface area contributed by atoms with Crippen LogP contribution in [0.1, 0.15) is 11.1 Å². The largest absolute Gasteiger partial charge is 0.542 e. The van der Waals surface area contributed by atoms with E-state index in [4.69, 9.17) is 24.9 Å². The Balaban J connectivity index is 3.91. The molecule has 0 fully saturated rings. The van der Waals surface area contributed by atoms with Crippen LogP contribution in [0.5, 0.6) is 17.2 Å². The molecule has 8 heteroatoms. The zero-order chi connectivity index (χ0) is 20.5. The van der Waals surface area contributed by atoms with Crippen LogP contribution in [0, 0.1) is 0 Å². The van der Waals surface area contributed by atoms with Crippen LogP contribution in [0.3, 0.4) is 0 Å². The van der Waals surface area contributed by atoms with E-state index in [2.05, 4.69) is 65.5 Å². The normalized spacial score (nSPS) is 12.8. The molecule has 0 aromatic heterocycles. The maximum absolute atomic E-state index is 6.54. The Bertz CT molecular complexity index is 671. The summed E-state index contributed by atoms with van der Waals surface area (Å²) in [6, 6.07) is 0. The van der Waals surface area contributed by atoms with E-state index < -0.39 is 25.0 Å². The van der Waals surface area contributed by atoms with Crippen LogP contribution in [-0.2, 0) is 5.88 Å². The highest BCUT2D eigenvalue weighted by Crippen LogP contribution is 2.45. The van der Waals surface area contributed by atoms with Gasteiger partial charge in [0.15, 0.2) is 11.5 Å². The Morgan fingerprint density at radius 2 is 1.19 bits per heavy atom. The molecule has 0 bridgehead atoms. The van der Waals surface area contributed by atoms with Crippen molar-refractivity contribution in [2.75, 3.05) is 0 Å². The minimum atomic E-state index is -1.88. The summed E-state index contributed by atoms with van der Waals surface area (Å²) in [6.45, 7) is 23.6. The topological polar surface area (TPSA) is 27.7 Å². The fourth-order valence-corrected chi connectivity index (χ4v) is 6.32. The third-order valence-corrected chi connectivity index (χ3v) is 7.03. The van der Waals surface area contributed by atoms with Crippen LogP contribution >= 0.6 is 11.6 Å². The number of rotatable bonds is 8. The molecule has 0 aliphatic carbocycles. The lowest BCUT2D eigenvalue weighted by atomic mass is 10.1. The van der Waals surface area contributed by atoms with Gasteiger partial charge < -0.3 is 13.3 Å². The SMILES string of the molecule is C=Cc1c([SiH3])c(O[Si](C)(C)C)c(O[Si](C)(C)C)c(O[Si](C)(C)C)c1CCl. The lowest BCUT2D eigenvalue weighted by molar-refractivity contribution is 0.454. The molecule has 0 N–H and O–H groups in total. The van der Waals surface area contributed by atoms with E-state index in [1.165, 1.54) is 0 Å². The molecule has 0 aliphatic heterocycles. The van der Waals surface area contributed by atoms with E-state index >= 15 is 0 Å². The minimum absolute atomic E-state index is 0.367. The monoisotopic (exact) mass is 446 g/mol. The molecule has 26 heavy (non-hydrogen) atoms. The molecule has 0 unspecified atom stereocenters. The Morgan fingerprint density at radius 3 is 1.54 bits per heavy atom. The summed E-state index contributed by atoms with van der Waals surface area (Å²) in [5.74, 6) is 2.76. The van der Waals surface area contributed by atoms with Crippen molar-refractivity contribution in [1.29, 1.82) is 0 Å². The number of halogens is 1. The summed E-state index contributed by atoms with van der Waals surface area (Å²) in [5, 5.41) is 1.16. The standard InChI is InChI=1S/C18H35ClO3Si4/c1-11-13-14(12-19)15(20-24(2,3)4)16(21-25(5,6)7)17(18(13)23)22-26(8,9)10/h11H,1,12H2,2-10,23H3. The van der Waals surface area contributed by atoms with Crippen molar-refractivity contribution >= 4 is 58.1 Å². The first-order valence-corrected chi connectivity index (χ1v) is 20.8. The molecular formula is C18H35ClO3Si4. The molecule has 0 spiro atoms. The van der Waals surface area contributed by atoms with E-state index in [-0.39, 0.29) is 0 Å². The molecule has 0 radical (unpaired) electrons. The smallest absolute Gasteiger partial charge is 0.242 e. The maximum atomic E-state index is 6.54. The summed E-state index contributed by atoms with van der Waals surface area (Å²) in [5.41, 5.74) is 2.03. The van der Waals surface area contributed by atoms with Crippen LogP contribution < -0.4 is 18.5 Å². The molecule has 1 rings (SSSR count). The zero-order valence-corrected chi connectivity index (χ0v) is 23.9. The molecule has 0 saturated carbocycles. The summed E-state index contributed by atoms with van der Waals surface area (Å²) in [7, 11) is -4.77. The third kappa shape index (κ3) is 6.60. The molecule has 0 amide bonds. The lowest BCUT2D eigenvalue weighted by Gasteiger charge is -2.33. The van der Waals surface area contributed by atoms with Gasteiger partial charge >= 0.3 is 0 Å². The third-order valence-electron chi connectivity index (χ3n) is 3.32. The van der Waals surface area contributed by atoms with Crippen molar-refractivity contribution in [2.24, 2.45) is 0 Å². The second-order valence-electron chi connectivity index (χ2n) is 9.49. The first-order chi connectivity index (χ1) is 11.6. The molecule has 1 aromatic rings. The number of hydrogen-bond donors (Lipinski definition) is 0. The summed E-state index contributed by atoms with van der Waals surface area (Å²) < 4.78 is 19.6. The van der Waals surface area contributed by atoms with Crippen LogP contribution in [0.25, 0.3) is 6.08 Å². The van der Waals surface area contributed by atoms with Crippen molar-refractivity contribution < 1.29 is 13.3 Å². The van der Waals surface area contributed by atoms with Crippen LogP contribution in [0.2, 0.25) is 58.9 Å². The highest BCUT2D eigenvalue weighted by Gasteiger charge is 2.32. The highest BCUT2D eigenvalue weighted by atomic mass is 35.5. The van der Waals surface area contributed by atoms with Gasteiger partial charge in [0.25, 0.3) is 0 Å². The maximum Gasteiger partial charge on any atom is 0.242 e. The van der Waals surface area contributed by atoms with Gasteiger partial charge in [-0.1, -0.05) is 12.7 Å². The lowest BCUT2D eigenvalue weighted by Crippen LogP contribution is -2.37. The van der Waals surface area contributed by atoms with E-state index in [9.17, 15) is 0 Å². The molecular weight excluding hydrogens is 412 g/mol. The van der Waals surface area contributed by atoms with Crippen molar-refractivity contribution in [1.82, 2.24) is 0 Å². The molecule has 3 nitrogen and oxygen atoms in total. The van der Waals surface area contributed by atoms with Crippen molar-refractivity contribution in [3.63, 3.8) is 0 Å². The van der Waals surface area contributed by atoms with E-state index in [0.717, 1.165) is 43.8 Å². The summed E-state index contributed by atoms with van der Waals surface area (Å²) in [4.78, 5) is 0. The van der Waals surface area contributed by atoms with Crippen LogP contribution in [0.4, 0.5) is 0 Å². The Hall–Kier alpha value is -0.482.